The molecule has 0 radical (unpaired) electrons. The molecule has 10 nitrogen and oxygen atoms in total. The zero-order valence-corrected chi connectivity index (χ0v) is 9.07. The second-order valence-corrected chi connectivity index (χ2v) is 3.34. The van der Waals surface area contributed by atoms with Crippen LogP contribution < -0.4 is 5.32 Å². The first-order chi connectivity index (χ1) is 8.65. The molecule has 0 bridgehead atoms. The number of rotatable bonds is 5. The third-order valence-electron chi connectivity index (χ3n) is 1.96. The van der Waals surface area contributed by atoms with Crippen molar-refractivity contribution in [1.82, 2.24) is 35.7 Å². The van der Waals surface area contributed by atoms with Crippen LogP contribution in [0.2, 0.25) is 0 Å². The molecule has 2 aromatic heterocycles. The highest BCUT2D eigenvalue weighted by Gasteiger charge is 2.09. The average molecular weight is 251 g/mol. The number of nitrogens with zero attached hydrogens (tertiary/aromatic N) is 5. The van der Waals surface area contributed by atoms with Gasteiger partial charge in [-0.2, -0.15) is 15.4 Å². The molecule has 0 unspecified atom stereocenters. The van der Waals surface area contributed by atoms with Crippen molar-refractivity contribution in [2.75, 3.05) is 0 Å². The van der Waals surface area contributed by atoms with Gasteiger partial charge in [-0.05, 0) is 0 Å². The molecule has 2 rings (SSSR count). The van der Waals surface area contributed by atoms with Gasteiger partial charge in [-0.3, -0.25) is 9.59 Å². The first-order valence-corrected chi connectivity index (χ1v) is 4.90. The average Bonchev–Trinajstić information content (AvgIpc) is 2.95. The van der Waals surface area contributed by atoms with E-state index in [9.17, 15) is 9.59 Å². The molecule has 0 aliphatic heterocycles. The Kier molecular flexibility index (Phi) is 3.27. The largest absolute Gasteiger partial charge is 0.480 e. The Balaban J connectivity index is 1.88. The summed E-state index contributed by atoms with van der Waals surface area (Å²) in [6, 6.07) is 0. The molecule has 1 amide bonds. The molecule has 0 atom stereocenters. The molecule has 2 heterocycles. The van der Waals surface area contributed by atoms with Crippen LogP contribution in [-0.2, 0) is 17.9 Å². The number of carbonyl (C=O) groups excluding carboxylic acids is 1. The third kappa shape index (κ3) is 2.87. The van der Waals surface area contributed by atoms with Gasteiger partial charge in [0.25, 0.3) is 5.91 Å². The minimum atomic E-state index is -1.02. The van der Waals surface area contributed by atoms with Crippen LogP contribution in [0.25, 0.3) is 0 Å². The predicted molar refractivity (Wildman–Crippen MR) is 55.2 cm³/mol. The van der Waals surface area contributed by atoms with Crippen LogP contribution in [0.1, 0.15) is 16.2 Å². The van der Waals surface area contributed by atoms with Crippen LogP contribution >= 0.6 is 0 Å². The molecule has 0 saturated heterocycles. The van der Waals surface area contributed by atoms with E-state index < -0.39 is 11.9 Å². The van der Waals surface area contributed by atoms with E-state index in [4.69, 9.17) is 5.11 Å². The number of hydrogen-bond donors (Lipinski definition) is 3. The maximum absolute atomic E-state index is 11.5. The Morgan fingerprint density at radius 3 is 3.00 bits per heavy atom. The number of carbonyl (C=O) groups is 2. The maximum Gasteiger partial charge on any atom is 0.325 e. The van der Waals surface area contributed by atoms with Crippen LogP contribution in [0, 0.1) is 0 Å². The molecular formula is C8H9N7O3. The summed E-state index contributed by atoms with van der Waals surface area (Å²) in [5.74, 6) is -1.42. The number of carboxylic acids is 1. The third-order valence-corrected chi connectivity index (χ3v) is 1.96. The van der Waals surface area contributed by atoms with Gasteiger partial charge in [0.15, 0.2) is 5.69 Å². The molecule has 0 aliphatic rings. The number of aromatic amines is 1. The zero-order chi connectivity index (χ0) is 13.0. The van der Waals surface area contributed by atoms with E-state index in [0.29, 0.717) is 5.69 Å². The topological polar surface area (TPSA) is 139 Å². The fourth-order valence-corrected chi connectivity index (χ4v) is 1.21. The summed E-state index contributed by atoms with van der Waals surface area (Å²) < 4.78 is 1.17. The van der Waals surface area contributed by atoms with Crippen molar-refractivity contribution in [3.63, 3.8) is 0 Å². The first-order valence-electron chi connectivity index (χ1n) is 4.90. The number of nitrogens with one attached hydrogen (secondary N) is 2. The lowest BCUT2D eigenvalue weighted by molar-refractivity contribution is -0.137. The van der Waals surface area contributed by atoms with E-state index >= 15 is 0 Å². The summed E-state index contributed by atoms with van der Waals surface area (Å²) >= 11 is 0. The highest BCUT2D eigenvalue weighted by molar-refractivity contribution is 5.91. The molecule has 2 aromatic rings. The lowest BCUT2D eigenvalue weighted by atomic mass is 10.4. The van der Waals surface area contributed by atoms with Crippen molar-refractivity contribution >= 4 is 11.9 Å². The Morgan fingerprint density at radius 1 is 1.50 bits per heavy atom. The summed E-state index contributed by atoms with van der Waals surface area (Å²) in [6.45, 7) is -0.143. The molecular weight excluding hydrogens is 242 g/mol. The molecule has 94 valence electrons. The number of H-pyrrole nitrogens is 1. The molecule has 0 spiro atoms. The first kappa shape index (κ1) is 11.7. The van der Waals surface area contributed by atoms with E-state index in [0.717, 1.165) is 0 Å². The van der Waals surface area contributed by atoms with Gasteiger partial charge >= 0.3 is 5.97 Å². The van der Waals surface area contributed by atoms with E-state index in [2.05, 4.69) is 31.0 Å². The molecule has 0 saturated carbocycles. The van der Waals surface area contributed by atoms with Gasteiger partial charge in [-0.1, -0.05) is 5.21 Å². The van der Waals surface area contributed by atoms with Crippen molar-refractivity contribution in [2.24, 2.45) is 0 Å². The van der Waals surface area contributed by atoms with E-state index in [1.807, 2.05) is 0 Å². The standard InChI is InChI=1S/C8H9N7O3/c16-7(17)4-15-3-5(11-14-15)1-9-8(18)6-2-10-13-12-6/h2-3H,1,4H2,(H,9,18)(H,16,17)(H,10,12,13). The lowest BCUT2D eigenvalue weighted by Gasteiger charge is -1.98. The van der Waals surface area contributed by atoms with E-state index in [1.54, 1.807) is 0 Å². The zero-order valence-electron chi connectivity index (χ0n) is 9.07. The monoisotopic (exact) mass is 251 g/mol. The van der Waals surface area contributed by atoms with Gasteiger partial charge in [-0.15, -0.1) is 5.10 Å². The number of amides is 1. The Labute approximate surface area is 100.0 Å². The van der Waals surface area contributed by atoms with E-state index in [-0.39, 0.29) is 18.8 Å². The van der Waals surface area contributed by atoms with Crippen LogP contribution in [0.5, 0.6) is 0 Å². The van der Waals surface area contributed by atoms with Crippen LogP contribution in [0.15, 0.2) is 12.4 Å². The molecule has 0 aromatic carbocycles. The minimum absolute atomic E-state index is 0.130. The van der Waals surface area contributed by atoms with Gasteiger partial charge < -0.3 is 10.4 Å². The fraction of sp³-hybridized carbons (Fsp3) is 0.250. The lowest BCUT2D eigenvalue weighted by Crippen LogP contribution is -2.23. The summed E-state index contributed by atoms with van der Waals surface area (Å²) in [7, 11) is 0. The number of hydrogen-bond acceptors (Lipinski definition) is 6. The van der Waals surface area contributed by atoms with Gasteiger partial charge in [0.1, 0.15) is 12.2 Å². The summed E-state index contributed by atoms with van der Waals surface area (Å²) in [5.41, 5.74) is 0.612. The normalized spacial score (nSPS) is 10.2. The number of carboxylic acid groups (broad SMARTS) is 1. The van der Waals surface area contributed by atoms with Crippen molar-refractivity contribution in [3.05, 3.63) is 23.8 Å². The van der Waals surface area contributed by atoms with Gasteiger partial charge in [-0.25, -0.2) is 4.68 Å². The highest BCUT2D eigenvalue weighted by Crippen LogP contribution is 1.94. The smallest absolute Gasteiger partial charge is 0.325 e. The Bertz CT molecular complexity index is 547. The maximum atomic E-state index is 11.5. The minimum Gasteiger partial charge on any atom is -0.480 e. The summed E-state index contributed by atoms with van der Waals surface area (Å²) in [6.07, 6.45) is 2.73. The molecule has 0 fully saturated rings. The Hall–Kier alpha value is -2.78. The van der Waals surface area contributed by atoms with Gasteiger partial charge in [0.2, 0.25) is 0 Å². The molecule has 18 heavy (non-hydrogen) atoms. The molecule has 0 aliphatic carbocycles. The fourth-order valence-electron chi connectivity index (χ4n) is 1.21. The quantitative estimate of drug-likeness (QED) is 0.582. The predicted octanol–water partition coefficient (Wildman–Crippen LogP) is -1.59. The van der Waals surface area contributed by atoms with Gasteiger partial charge in [0, 0.05) is 0 Å². The van der Waals surface area contributed by atoms with Gasteiger partial charge in [0.05, 0.1) is 18.9 Å². The van der Waals surface area contributed by atoms with Crippen LogP contribution in [0.3, 0.4) is 0 Å². The summed E-state index contributed by atoms with van der Waals surface area (Å²) in [4.78, 5) is 21.9. The second kappa shape index (κ2) is 5.03. The number of aliphatic carboxylic acids is 1. The SMILES string of the molecule is O=C(O)Cn1cc(CNC(=O)c2cn[nH]n2)nn1. The number of aromatic nitrogens is 6. The van der Waals surface area contributed by atoms with E-state index in [1.165, 1.54) is 17.1 Å². The van der Waals surface area contributed by atoms with Crippen molar-refractivity contribution in [3.8, 4) is 0 Å². The van der Waals surface area contributed by atoms with Crippen molar-refractivity contribution in [1.29, 1.82) is 0 Å². The highest BCUT2D eigenvalue weighted by atomic mass is 16.4. The summed E-state index contributed by atoms with van der Waals surface area (Å²) in [5, 5.41) is 27.8. The van der Waals surface area contributed by atoms with Crippen molar-refractivity contribution < 1.29 is 14.7 Å². The van der Waals surface area contributed by atoms with Crippen LogP contribution in [-0.4, -0.2) is 47.4 Å². The molecule has 3 N–H and O–H groups in total. The Morgan fingerprint density at radius 2 is 2.33 bits per heavy atom. The van der Waals surface area contributed by atoms with Crippen molar-refractivity contribution in [2.45, 2.75) is 13.1 Å². The van der Waals surface area contributed by atoms with Crippen LogP contribution in [0.4, 0.5) is 0 Å². The molecule has 10 heteroatoms. The second-order valence-electron chi connectivity index (χ2n) is 3.34.